The van der Waals surface area contributed by atoms with Gasteiger partial charge in [0, 0.05) is 12.6 Å². The van der Waals surface area contributed by atoms with Crippen LogP contribution in [0, 0.1) is 5.92 Å². The molecular weight excluding hydrogens is 228 g/mol. The predicted molar refractivity (Wildman–Crippen MR) is 71.6 cm³/mol. The molecular formula is C14H22N2O2. The summed E-state index contributed by atoms with van der Waals surface area (Å²) in [6, 6.07) is 7.57. The number of hydrogen-bond donors (Lipinski definition) is 2. The summed E-state index contributed by atoms with van der Waals surface area (Å²) in [5.41, 5.74) is 11.1. The molecule has 0 unspecified atom stereocenters. The van der Waals surface area contributed by atoms with Crippen molar-refractivity contribution in [2.24, 2.45) is 17.4 Å². The van der Waals surface area contributed by atoms with Crippen LogP contribution in [0.1, 0.15) is 25.7 Å². The van der Waals surface area contributed by atoms with E-state index in [2.05, 4.69) is 0 Å². The average molecular weight is 250 g/mol. The van der Waals surface area contributed by atoms with Crippen molar-refractivity contribution in [2.45, 2.75) is 31.9 Å². The maximum atomic E-state index is 5.79. The van der Waals surface area contributed by atoms with E-state index in [1.165, 1.54) is 25.7 Å². The fourth-order valence-corrected chi connectivity index (χ4v) is 2.25. The Morgan fingerprint density at radius 1 is 1.22 bits per heavy atom. The molecule has 100 valence electrons. The van der Waals surface area contributed by atoms with Crippen LogP contribution >= 0.6 is 0 Å². The highest BCUT2D eigenvalue weighted by Gasteiger charge is 2.15. The fourth-order valence-electron chi connectivity index (χ4n) is 2.25. The first-order valence-corrected chi connectivity index (χ1v) is 6.63. The second-order valence-corrected chi connectivity index (χ2v) is 4.83. The summed E-state index contributed by atoms with van der Waals surface area (Å²) in [6.45, 7) is 1.10. The van der Waals surface area contributed by atoms with E-state index in [1.54, 1.807) is 0 Å². The molecule has 0 bridgehead atoms. The van der Waals surface area contributed by atoms with E-state index < -0.39 is 6.23 Å². The number of benzene rings is 1. The van der Waals surface area contributed by atoms with Crippen LogP contribution in [-0.4, -0.2) is 19.4 Å². The van der Waals surface area contributed by atoms with Crippen LogP contribution in [0.25, 0.3) is 0 Å². The Labute approximate surface area is 108 Å². The average Bonchev–Trinajstić information content (AvgIpc) is 2.90. The van der Waals surface area contributed by atoms with Gasteiger partial charge in [-0.1, -0.05) is 18.9 Å². The molecule has 0 aromatic heterocycles. The van der Waals surface area contributed by atoms with E-state index >= 15 is 0 Å². The Morgan fingerprint density at radius 3 is 2.67 bits per heavy atom. The first-order chi connectivity index (χ1) is 8.78. The molecule has 1 atom stereocenters. The molecule has 2 rings (SSSR count). The van der Waals surface area contributed by atoms with Gasteiger partial charge >= 0.3 is 0 Å². The number of nitrogens with two attached hydrogens (primary N) is 2. The minimum atomic E-state index is -0.463. The molecule has 0 aliphatic heterocycles. The predicted octanol–water partition coefficient (Wildman–Crippen LogP) is 1.88. The molecule has 1 fully saturated rings. The number of hydrogen-bond acceptors (Lipinski definition) is 4. The van der Waals surface area contributed by atoms with Crippen molar-refractivity contribution in [3.8, 4) is 11.5 Å². The Kier molecular flexibility index (Phi) is 4.84. The van der Waals surface area contributed by atoms with Crippen LogP contribution in [0.2, 0.25) is 0 Å². The molecule has 1 aromatic carbocycles. The van der Waals surface area contributed by atoms with E-state index in [1.807, 2.05) is 24.3 Å². The molecule has 1 aromatic rings. The lowest BCUT2D eigenvalue weighted by Gasteiger charge is -2.14. The first kappa shape index (κ1) is 13.2. The Balaban J connectivity index is 1.86. The summed E-state index contributed by atoms with van der Waals surface area (Å²) in [5.74, 6) is 2.25. The van der Waals surface area contributed by atoms with Crippen LogP contribution in [0.4, 0.5) is 0 Å². The molecule has 4 nitrogen and oxygen atoms in total. The van der Waals surface area contributed by atoms with Crippen LogP contribution in [0.5, 0.6) is 11.5 Å². The molecule has 4 heteroatoms. The van der Waals surface area contributed by atoms with E-state index in [0.29, 0.717) is 18.2 Å². The van der Waals surface area contributed by atoms with Crippen molar-refractivity contribution in [3.63, 3.8) is 0 Å². The van der Waals surface area contributed by atoms with Crippen molar-refractivity contribution in [2.75, 3.05) is 13.2 Å². The standard InChI is InChI=1S/C14H22N2O2/c15-9-14(16)18-13-7-3-6-12(8-13)17-10-11-4-1-2-5-11/h3,6-8,11,14H,1-2,4-5,9-10,15-16H2/t14-/m0/s1. The highest BCUT2D eigenvalue weighted by atomic mass is 16.5. The van der Waals surface area contributed by atoms with Crippen molar-refractivity contribution in [1.82, 2.24) is 0 Å². The summed E-state index contributed by atoms with van der Waals surface area (Å²) >= 11 is 0. The molecule has 1 saturated carbocycles. The van der Waals surface area contributed by atoms with Gasteiger partial charge in [-0.15, -0.1) is 0 Å². The van der Waals surface area contributed by atoms with Gasteiger partial charge < -0.3 is 15.2 Å². The summed E-state index contributed by atoms with van der Waals surface area (Å²) in [7, 11) is 0. The van der Waals surface area contributed by atoms with Gasteiger partial charge in [0.05, 0.1) is 6.61 Å². The van der Waals surface area contributed by atoms with Gasteiger partial charge in [-0.05, 0) is 30.9 Å². The Bertz CT molecular complexity index is 365. The summed E-state index contributed by atoms with van der Waals surface area (Å²) < 4.78 is 11.2. The van der Waals surface area contributed by atoms with Crippen LogP contribution in [0.3, 0.4) is 0 Å². The summed E-state index contributed by atoms with van der Waals surface area (Å²) in [5, 5.41) is 0. The monoisotopic (exact) mass is 250 g/mol. The van der Waals surface area contributed by atoms with Crippen LogP contribution < -0.4 is 20.9 Å². The molecule has 0 saturated heterocycles. The lowest BCUT2D eigenvalue weighted by atomic mass is 10.1. The topological polar surface area (TPSA) is 70.5 Å². The van der Waals surface area contributed by atoms with Crippen LogP contribution in [0.15, 0.2) is 24.3 Å². The third-order valence-corrected chi connectivity index (χ3v) is 3.29. The maximum Gasteiger partial charge on any atom is 0.160 e. The van der Waals surface area contributed by atoms with Gasteiger partial charge in [-0.25, -0.2) is 0 Å². The molecule has 0 radical (unpaired) electrons. The van der Waals surface area contributed by atoms with Gasteiger partial charge in [-0.3, -0.25) is 5.73 Å². The fraction of sp³-hybridized carbons (Fsp3) is 0.571. The van der Waals surface area contributed by atoms with Crippen molar-refractivity contribution >= 4 is 0 Å². The lowest BCUT2D eigenvalue weighted by molar-refractivity contribution is 0.214. The van der Waals surface area contributed by atoms with Gasteiger partial charge in [0.2, 0.25) is 0 Å². The highest BCUT2D eigenvalue weighted by molar-refractivity contribution is 5.33. The molecule has 1 aliphatic rings. The van der Waals surface area contributed by atoms with Crippen molar-refractivity contribution in [1.29, 1.82) is 0 Å². The lowest BCUT2D eigenvalue weighted by Crippen LogP contribution is -2.35. The molecule has 0 heterocycles. The SMILES string of the molecule is NC[C@@H](N)Oc1cccc(OCC2CCCC2)c1. The van der Waals surface area contributed by atoms with Crippen molar-refractivity contribution in [3.05, 3.63) is 24.3 Å². The van der Waals surface area contributed by atoms with Crippen molar-refractivity contribution < 1.29 is 9.47 Å². The van der Waals surface area contributed by atoms with Gasteiger partial charge in [-0.2, -0.15) is 0 Å². The van der Waals surface area contributed by atoms with E-state index in [-0.39, 0.29) is 0 Å². The molecule has 4 N–H and O–H groups in total. The summed E-state index contributed by atoms with van der Waals surface area (Å²) in [4.78, 5) is 0. The van der Waals surface area contributed by atoms with E-state index in [9.17, 15) is 0 Å². The smallest absolute Gasteiger partial charge is 0.160 e. The molecule has 0 amide bonds. The zero-order valence-electron chi connectivity index (χ0n) is 10.7. The minimum absolute atomic E-state index is 0.299. The highest BCUT2D eigenvalue weighted by Crippen LogP contribution is 2.26. The zero-order valence-corrected chi connectivity index (χ0v) is 10.7. The van der Waals surface area contributed by atoms with Gasteiger partial charge in [0.25, 0.3) is 0 Å². The summed E-state index contributed by atoms with van der Waals surface area (Å²) in [6.07, 6.45) is 4.78. The molecule has 1 aliphatic carbocycles. The molecule has 0 spiro atoms. The maximum absolute atomic E-state index is 5.79. The number of rotatable bonds is 6. The van der Waals surface area contributed by atoms with Gasteiger partial charge in [0.15, 0.2) is 6.23 Å². The largest absolute Gasteiger partial charge is 0.493 e. The zero-order chi connectivity index (χ0) is 12.8. The number of ether oxygens (including phenoxy) is 2. The quantitative estimate of drug-likeness (QED) is 0.756. The van der Waals surface area contributed by atoms with E-state index in [0.717, 1.165) is 12.4 Å². The first-order valence-electron chi connectivity index (χ1n) is 6.63. The van der Waals surface area contributed by atoms with Crippen LogP contribution in [-0.2, 0) is 0 Å². The van der Waals surface area contributed by atoms with Gasteiger partial charge in [0.1, 0.15) is 11.5 Å². The minimum Gasteiger partial charge on any atom is -0.493 e. The Morgan fingerprint density at radius 2 is 1.94 bits per heavy atom. The molecule has 18 heavy (non-hydrogen) atoms. The third-order valence-electron chi connectivity index (χ3n) is 3.29. The normalized spacial score (nSPS) is 17.7. The third kappa shape index (κ3) is 3.89. The second-order valence-electron chi connectivity index (χ2n) is 4.83. The van der Waals surface area contributed by atoms with E-state index in [4.69, 9.17) is 20.9 Å². The Hall–Kier alpha value is -1.26. The second kappa shape index (κ2) is 6.61.